The van der Waals surface area contributed by atoms with Crippen molar-refractivity contribution in [3.8, 4) is 5.75 Å². The predicted octanol–water partition coefficient (Wildman–Crippen LogP) is 1.61. The smallest absolute Gasteiger partial charge is 0.326 e. The summed E-state index contributed by atoms with van der Waals surface area (Å²) >= 11 is 0. The zero-order chi connectivity index (χ0) is 14.3. The van der Waals surface area contributed by atoms with Gasteiger partial charge in [0.1, 0.15) is 11.8 Å². The highest BCUT2D eigenvalue weighted by Crippen LogP contribution is 2.12. The monoisotopic (exact) mass is 265 g/mol. The van der Waals surface area contributed by atoms with Gasteiger partial charge in [0, 0.05) is 0 Å². The number of nitrogens with one attached hydrogen (secondary N) is 1. The Bertz CT molecular complexity index is 428. The number of benzene rings is 1. The van der Waals surface area contributed by atoms with Gasteiger partial charge in [-0.25, -0.2) is 4.79 Å². The van der Waals surface area contributed by atoms with Crippen LogP contribution in [0.3, 0.4) is 0 Å². The molecule has 2 N–H and O–H groups in total. The number of ether oxygens (including phenoxy) is 1. The van der Waals surface area contributed by atoms with Gasteiger partial charge < -0.3 is 15.2 Å². The molecule has 0 aliphatic rings. The van der Waals surface area contributed by atoms with Gasteiger partial charge in [0.15, 0.2) is 0 Å². The molecule has 5 nitrogen and oxygen atoms in total. The molecule has 0 radical (unpaired) electrons. The largest absolute Gasteiger partial charge is 0.494 e. The maximum absolute atomic E-state index is 11.7. The molecule has 1 atom stereocenters. The number of hydrogen-bond donors (Lipinski definition) is 2. The van der Waals surface area contributed by atoms with Crippen LogP contribution < -0.4 is 10.1 Å². The van der Waals surface area contributed by atoms with E-state index in [9.17, 15) is 9.59 Å². The van der Waals surface area contributed by atoms with Crippen molar-refractivity contribution in [2.45, 2.75) is 32.7 Å². The van der Waals surface area contributed by atoms with Gasteiger partial charge in [0.05, 0.1) is 13.0 Å². The van der Waals surface area contributed by atoms with Crippen molar-refractivity contribution in [1.82, 2.24) is 5.32 Å². The van der Waals surface area contributed by atoms with Crippen molar-refractivity contribution in [2.24, 2.45) is 0 Å². The molecule has 0 aliphatic carbocycles. The zero-order valence-electron chi connectivity index (χ0n) is 11.2. The van der Waals surface area contributed by atoms with E-state index in [-0.39, 0.29) is 12.3 Å². The molecule has 0 heterocycles. The molecule has 0 saturated heterocycles. The Hall–Kier alpha value is -2.04. The molecule has 1 rings (SSSR count). The molecule has 0 bridgehead atoms. The summed E-state index contributed by atoms with van der Waals surface area (Å²) in [4.78, 5) is 22.5. The second-order valence-corrected chi connectivity index (χ2v) is 4.12. The van der Waals surface area contributed by atoms with Crippen LogP contribution in [0.1, 0.15) is 25.8 Å². The molecule has 19 heavy (non-hydrogen) atoms. The minimum Gasteiger partial charge on any atom is -0.494 e. The van der Waals surface area contributed by atoms with Crippen molar-refractivity contribution in [3.05, 3.63) is 29.8 Å². The lowest BCUT2D eigenvalue weighted by molar-refractivity contribution is -0.141. The molecule has 104 valence electrons. The highest BCUT2D eigenvalue weighted by molar-refractivity contribution is 5.84. The summed E-state index contributed by atoms with van der Waals surface area (Å²) in [5.74, 6) is -0.551. The highest BCUT2D eigenvalue weighted by Gasteiger charge is 2.17. The van der Waals surface area contributed by atoms with Gasteiger partial charge >= 0.3 is 5.97 Å². The van der Waals surface area contributed by atoms with Crippen molar-refractivity contribution in [2.75, 3.05) is 6.61 Å². The third-order valence-corrected chi connectivity index (χ3v) is 2.64. The molecule has 0 spiro atoms. The topological polar surface area (TPSA) is 75.6 Å². The van der Waals surface area contributed by atoms with Crippen LogP contribution >= 0.6 is 0 Å². The highest BCUT2D eigenvalue weighted by atomic mass is 16.5. The molecular weight excluding hydrogens is 246 g/mol. The lowest BCUT2D eigenvalue weighted by atomic mass is 10.1. The summed E-state index contributed by atoms with van der Waals surface area (Å²) in [6.45, 7) is 4.21. The van der Waals surface area contributed by atoms with E-state index >= 15 is 0 Å². The third kappa shape index (κ3) is 4.99. The number of carbonyl (C=O) groups excluding carboxylic acids is 1. The molecule has 0 unspecified atom stereocenters. The maximum atomic E-state index is 11.7. The number of hydrogen-bond acceptors (Lipinski definition) is 3. The van der Waals surface area contributed by atoms with Crippen molar-refractivity contribution in [1.29, 1.82) is 0 Å². The molecule has 1 aromatic rings. The Morgan fingerprint density at radius 2 is 1.89 bits per heavy atom. The first-order chi connectivity index (χ1) is 9.06. The summed E-state index contributed by atoms with van der Waals surface area (Å²) < 4.78 is 5.30. The standard InChI is InChI=1S/C14H19NO4/c1-3-12(14(17)18)15-13(16)9-10-5-7-11(8-6-10)19-4-2/h5-8,12H,3-4,9H2,1-2H3,(H,15,16)(H,17,18)/t12-/m0/s1. The molecule has 0 fully saturated rings. The molecule has 1 aromatic carbocycles. The normalized spacial score (nSPS) is 11.7. The summed E-state index contributed by atoms with van der Waals surface area (Å²) in [6.07, 6.45) is 0.528. The Morgan fingerprint density at radius 1 is 1.26 bits per heavy atom. The van der Waals surface area contributed by atoms with Crippen molar-refractivity contribution >= 4 is 11.9 Å². The zero-order valence-corrected chi connectivity index (χ0v) is 11.2. The van der Waals surface area contributed by atoms with Gasteiger partial charge in [-0.05, 0) is 31.0 Å². The second kappa shape index (κ2) is 7.41. The summed E-state index contributed by atoms with van der Waals surface area (Å²) in [6, 6.07) is 6.36. The van der Waals surface area contributed by atoms with Gasteiger partial charge in [0.2, 0.25) is 5.91 Å². The average Bonchev–Trinajstić information content (AvgIpc) is 2.38. The molecular formula is C14H19NO4. The van der Waals surface area contributed by atoms with Crippen molar-refractivity contribution in [3.63, 3.8) is 0 Å². The first kappa shape index (κ1) is 15.0. The number of aliphatic carboxylic acids is 1. The Labute approximate surface area is 112 Å². The maximum Gasteiger partial charge on any atom is 0.326 e. The van der Waals surface area contributed by atoms with E-state index in [1.165, 1.54) is 0 Å². The SMILES string of the molecule is CCOc1ccc(CC(=O)N[C@@H](CC)C(=O)O)cc1. The summed E-state index contributed by atoms with van der Waals surface area (Å²) in [5.41, 5.74) is 0.821. The minimum atomic E-state index is -1.01. The van der Waals surface area contributed by atoms with Crippen LogP contribution in [0.5, 0.6) is 5.75 Å². The molecule has 0 aliphatic heterocycles. The van der Waals surface area contributed by atoms with Gasteiger partial charge in [-0.2, -0.15) is 0 Å². The Balaban J connectivity index is 2.54. The summed E-state index contributed by atoms with van der Waals surface area (Å²) in [7, 11) is 0. The quantitative estimate of drug-likeness (QED) is 0.785. The van der Waals surface area contributed by atoms with E-state index in [0.29, 0.717) is 13.0 Å². The van der Waals surface area contributed by atoms with Crippen LogP contribution in [0.4, 0.5) is 0 Å². The van der Waals surface area contributed by atoms with Crippen LogP contribution in [0.2, 0.25) is 0 Å². The Kier molecular flexibility index (Phi) is 5.85. The van der Waals surface area contributed by atoms with E-state index in [2.05, 4.69) is 5.32 Å². The number of carbonyl (C=O) groups is 2. The molecule has 1 amide bonds. The Morgan fingerprint density at radius 3 is 2.37 bits per heavy atom. The lowest BCUT2D eigenvalue weighted by Crippen LogP contribution is -2.40. The number of rotatable bonds is 7. The molecule has 5 heteroatoms. The first-order valence-corrected chi connectivity index (χ1v) is 6.30. The van der Waals surface area contributed by atoms with E-state index in [1.807, 2.05) is 6.92 Å². The molecule has 0 saturated carbocycles. The van der Waals surface area contributed by atoms with E-state index in [1.54, 1.807) is 31.2 Å². The van der Waals surface area contributed by atoms with Crippen LogP contribution in [0, 0.1) is 0 Å². The number of carboxylic acid groups (broad SMARTS) is 1. The fourth-order valence-electron chi connectivity index (χ4n) is 1.64. The fourth-order valence-corrected chi connectivity index (χ4v) is 1.64. The van der Waals surface area contributed by atoms with Crippen molar-refractivity contribution < 1.29 is 19.4 Å². The van der Waals surface area contributed by atoms with Gasteiger partial charge in [0.25, 0.3) is 0 Å². The predicted molar refractivity (Wildman–Crippen MR) is 71.2 cm³/mol. The van der Waals surface area contributed by atoms with E-state index < -0.39 is 12.0 Å². The van der Waals surface area contributed by atoms with Gasteiger partial charge in [-0.3, -0.25) is 4.79 Å². The number of amides is 1. The van der Waals surface area contributed by atoms with Gasteiger partial charge in [-0.1, -0.05) is 19.1 Å². The van der Waals surface area contributed by atoms with Gasteiger partial charge in [-0.15, -0.1) is 0 Å². The van der Waals surface area contributed by atoms with Crippen LogP contribution in [0.25, 0.3) is 0 Å². The number of carboxylic acids is 1. The van der Waals surface area contributed by atoms with Crippen LogP contribution in [-0.2, 0) is 16.0 Å². The fraction of sp³-hybridized carbons (Fsp3) is 0.429. The summed E-state index contributed by atoms with van der Waals surface area (Å²) in [5, 5.41) is 11.3. The van der Waals surface area contributed by atoms with E-state index in [4.69, 9.17) is 9.84 Å². The minimum absolute atomic E-state index is 0.163. The third-order valence-electron chi connectivity index (χ3n) is 2.64. The van der Waals surface area contributed by atoms with Crippen LogP contribution in [0.15, 0.2) is 24.3 Å². The second-order valence-electron chi connectivity index (χ2n) is 4.12. The lowest BCUT2D eigenvalue weighted by Gasteiger charge is -2.12. The average molecular weight is 265 g/mol. The first-order valence-electron chi connectivity index (χ1n) is 6.30. The van der Waals surface area contributed by atoms with E-state index in [0.717, 1.165) is 11.3 Å². The van der Waals surface area contributed by atoms with Crippen LogP contribution in [-0.4, -0.2) is 29.6 Å². The molecule has 0 aromatic heterocycles.